The van der Waals surface area contributed by atoms with Crippen LogP contribution in [-0.4, -0.2) is 5.11 Å². The van der Waals surface area contributed by atoms with Crippen LogP contribution in [0.5, 0.6) is 0 Å². The highest BCUT2D eigenvalue weighted by molar-refractivity contribution is 9.11. The van der Waals surface area contributed by atoms with Crippen LogP contribution in [0.2, 0.25) is 0 Å². The molecular formula is C11H10Br2O. The molecule has 0 fully saturated rings. The van der Waals surface area contributed by atoms with Crippen LogP contribution >= 0.6 is 31.9 Å². The Balaban J connectivity index is 2.83. The minimum Gasteiger partial charge on any atom is -0.388 e. The van der Waals surface area contributed by atoms with E-state index in [1.54, 1.807) is 0 Å². The zero-order valence-electron chi connectivity index (χ0n) is 7.50. The lowest BCUT2D eigenvalue weighted by Gasteiger charge is -2.11. The second-order valence-corrected chi connectivity index (χ2v) is 4.69. The molecule has 1 N–H and O–H groups in total. The smallest absolute Gasteiger partial charge is 0.0810 e. The summed E-state index contributed by atoms with van der Waals surface area (Å²) in [7, 11) is 0. The lowest BCUT2D eigenvalue weighted by Crippen LogP contribution is -1.98. The number of rotatable bonds is 3. The van der Waals surface area contributed by atoms with Crippen LogP contribution in [0.4, 0.5) is 0 Å². The number of benzene rings is 1. The van der Waals surface area contributed by atoms with E-state index in [-0.39, 0.29) is 0 Å². The molecule has 1 rings (SSSR count). The number of hydrogen-bond acceptors (Lipinski definition) is 1. The number of aliphatic hydroxyl groups excluding tert-OH is 1. The fourth-order valence-electron chi connectivity index (χ4n) is 1.15. The predicted octanol–water partition coefficient (Wildman–Crippen LogP) is 3.66. The first kappa shape index (κ1) is 11.8. The molecule has 74 valence electrons. The van der Waals surface area contributed by atoms with Gasteiger partial charge in [0.1, 0.15) is 0 Å². The van der Waals surface area contributed by atoms with Crippen molar-refractivity contribution in [3.8, 4) is 12.3 Å². The third-order valence-corrected chi connectivity index (χ3v) is 3.09. The van der Waals surface area contributed by atoms with E-state index >= 15 is 0 Å². The standard InChI is InChI=1S/C11H10Br2O/c1-2-3-4-11(14)9-7-8(12)5-6-10(9)13/h1,5-7,11,14H,3-4H2. The summed E-state index contributed by atoms with van der Waals surface area (Å²) < 4.78 is 1.86. The number of terminal acetylenes is 1. The summed E-state index contributed by atoms with van der Waals surface area (Å²) >= 11 is 6.75. The minimum atomic E-state index is -0.502. The van der Waals surface area contributed by atoms with Crippen LogP contribution in [0, 0.1) is 12.3 Å². The van der Waals surface area contributed by atoms with Gasteiger partial charge < -0.3 is 5.11 Å². The molecule has 14 heavy (non-hydrogen) atoms. The molecule has 0 bridgehead atoms. The molecule has 1 unspecified atom stereocenters. The molecule has 0 spiro atoms. The largest absolute Gasteiger partial charge is 0.388 e. The van der Waals surface area contributed by atoms with Gasteiger partial charge in [0, 0.05) is 15.4 Å². The van der Waals surface area contributed by atoms with Gasteiger partial charge in [-0.1, -0.05) is 31.9 Å². The highest BCUT2D eigenvalue weighted by Gasteiger charge is 2.10. The minimum absolute atomic E-state index is 0.502. The average Bonchev–Trinajstić information content (AvgIpc) is 2.18. The van der Waals surface area contributed by atoms with Gasteiger partial charge in [0.2, 0.25) is 0 Å². The zero-order chi connectivity index (χ0) is 10.6. The van der Waals surface area contributed by atoms with Crippen LogP contribution < -0.4 is 0 Å². The van der Waals surface area contributed by atoms with E-state index in [0.717, 1.165) is 14.5 Å². The van der Waals surface area contributed by atoms with Gasteiger partial charge in [-0.05, 0) is 30.2 Å². The van der Waals surface area contributed by atoms with Crippen molar-refractivity contribution in [1.82, 2.24) is 0 Å². The summed E-state index contributed by atoms with van der Waals surface area (Å²) in [6, 6.07) is 5.71. The molecule has 1 nitrogen and oxygen atoms in total. The summed E-state index contributed by atoms with van der Waals surface area (Å²) in [6.45, 7) is 0. The molecule has 0 aliphatic heterocycles. The molecule has 0 aliphatic rings. The van der Waals surface area contributed by atoms with Gasteiger partial charge in [-0.3, -0.25) is 0 Å². The maximum atomic E-state index is 9.81. The Morgan fingerprint density at radius 3 is 2.79 bits per heavy atom. The Labute approximate surface area is 101 Å². The Morgan fingerprint density at radius 2 is 2.14 bits per heavy atom. The van der Waals surface area contributed by atoms with Crippen LogP contribution in [0.25, 0.3) is 0 Å². The van der Waals surface area contributed by atoms with Gasteiger partial charge in [0.25, 0.3) is 0 Å². The average molecular weight is 318 g/mol. The summed E-state index contributed by atoms with van der Waals surface area (Å²) in [5.74, 6) is 2.52. The van der Waals surface area contributed by atoms with E-state index in [4.69, 9.17) is 6.42 Å². The van der Waals surface area contributed by atoms with Gasteiger partial charge >= 0.3 is 0 Å². The fourth-order valence-corrected chi connectivity index (χ4v) is 2.04. The van der Waals surface area contributed by atoms with E-state index in [1.807, 2.05) is 18.2 Å². The molecule has 1 aromatic rings. The number of halogens is 2. The third-order valence-electron chi connectivity index (χ3n) is 1.88. The highest BCUT2D eigenvalue weighted by atomic mass is 79.9. The van der Waals surface area contributed by atoms with Crippen molar-refractivity contribution < 1.29 is 5.11 Å². The molecule has 0 amide bonds. The molecule has 0 aromatic heterocycles. The quantitative estimate of drug-likeness (QED) is 0.844. The van der Waals surface area contributed by atoms with Crippen LogP contribution in [-0.2, 0) is 0 Å². The number of aliphatic hydroxyl groups is 1. The predicted molar refractivity (Wildman–Crippen MR) is 64.9 cm³/mol. The first-order chi connectivity index (χ1) is 6.65. The van der Waals surface area contributed by atoms with Gasteiger partial charge in [-0.2, -0.15) is 0 Å². The molecule has 0 heterocycles. The summed E-state index contributed by atoms with van der Waals surface area (Å²) in [4.78, 5) is 0. The molecule has 0 saturated heterocycles. The Morgan fingerprint density at radius 1 is 1.43 bits per heavy atom. The van der Waals surface area contributed by atoms with E-state index in [9.17, 15) is 5.11 Å². The van der Waals surface area contributed by atoms with Crippen molar-refractivity contribution >= 4 is 31.9 Å². The van der Waals surface area contributed by atoms with Gasteiger partial charge in [-0.25, -0.2) is 0 Å². The van der Waals surface area contributed by atoms with Crippen molar-refractivity contribution in [2.24, 2.45) is 0 Å². The summed E-state index contributed by atoms with van der Waals surface area (Å²) in [5.41, 5.74) is 0.870. The Hall–Kier alpha value is -0.300. The molecule has 0 saturated carbocycles. The van der Waals surface area contributed by atoms with Crippen molar-refractivity contribution in [2.45, 2.75) is 18.9 Å². The zero-order valence-corrected chi connectivity index (χ0v) is 10.7. The summed E-state index contributed by atoms with van der Waals surface area (Å²) in [6.07, 6.45) is 5.81. The van der Waals surface area contributed by atoms with E-state index < -0.39 is 6.10 Å². The van der Waals surface area contributed by atoms with Gasteiger partial charge in [-0.15, -0.1) is 12.3 Å². The molecule has 1 aromatic carbocycles. The van der Waals surface area contributed by atoms with Crippen molar-refractivity contribution in [3.05, 3.63) is 32.7 Å². The molecule has 0 aliphatic carbocycles. The van der Waals surface area contributed by atoms with Crippen molar-refractivity contribution in [2.75, 3.05) is 0 Å². The highest BCUT2D eigenvalue weighted by Crippen LogP contribution is 2.29. The van der Waals surface area contributed by atoms with Gasteiger partial charge in [0.15, 0.2) is 0 Å². The van der Waals surface area contributed by atoms with Crippen molar-refractivity contribution in [3.63, 3.8) is 0 Å². The first-order valence-corrected chi connectivity index (χ1v) is 5.80. The van der Waals surface area contributed by atoms with E-state index in [2.05, 4.69) is 37.8 Å². The fraction of sp³-hybridized carbons (Fsp3) is 0.273. The van der Waals surface area contributed by atoms with E-state index in [0.29, 0.717) is 12.8 Å². The SMILES string of the molecule is C#CCCC(O)c1cc(Br)ccc1Br. The van der Waals surface area contributed by atoms with E-state index in [1.165, 1.54) is 0 Å². The number of hydrogen-bond donors (Lipinski definition) is 1. The second-order valence-electron chi connectivity index (χ2n) is 2.92. The third kappa shape index (κ3) is 3.13. The monoisotopic (exact) mass is 316 g/mol. The normalized spacial score (nSPS) is 12.1. The molecular weight excluding hydrogens is 308 g/mol. The molecule has 3 heteroatoms. The second kappa shape index (κ2) is 5.55. The maximum Gasteiger partial charge on any atom is 0.0810 e. The topological polar surface area (TPSA) is 20.2 Å². The molecule has 0 radical (unpaired) electrons. The molecule has 1 atom stereocenters. The van der Waals surface area contributed by atoms with Gasteiger partial charge in [0.05, 0.1) is 6.10 Å². The van der Waals surface area contributed by atoms with Crippen molar-refractivity contribution in [1.29, 1.82) is 0 Å². The van der Waals surface area contributed by atoms with Crippen LogP contribution in [0.15, 0.2) is 27.1 Å². The lowest BCUT2D eigenvalue weighted by molar-refractivity contribution is 0.168. The Bertz CT molecular complexity index is 355. The Kier molecular flexibility index (Phi) is 4.67. The maximum absolute atomic E-state index is 9.81. The first-order valence-electron chi connectivity index (χ1n) is 4.21. The van der Waals surface area contributed by atoms with Crippen LogP contribution in [0.1, 0.15) is 24.5 Å². The summed E-state index contributed by atoms with van der Waals surface area (Å²) in [5, 5.41) is 9.81. The lowest BCUT2D eigenvalue weighted by atomic mass is 10.1. The van der Waals surface area contributed by atoms with Crippen LogP contribution in [0.3, 0.4) is 0 Å².